The topological polar surface area (TPSA) is 110 Å². The predicted octanol–water partition coefficient (Wildman–Crippen LogP) is -3.18. The van der Waals surface area contributed by atoms with Crippen LogP contribution in [0, 0.1) is 0 Å². The van der Waals surface area contributed by atoms with E-state index in [1.54, 1.807) is 0 Å². The molecule has 1 heterocycles. The molecule has 0 unspecified atom stereocenters. The lowest BCUT2D eigenvalue weighted by Crippen LogP contribution is -2.59. The van der Waals surface area contributed by atoms with E-state index in [0.717, 1.165) is 0 Å². The SMILES string of the molecule is OC[C@@H]1O[C@H](CO)[C@@H](O)[C@H](O)[C@H]1O. The van der Waals surface area contributed by atoms with Gasteiger partial charge in [0, 0.05) is 0 Å². The third kappa shape index (κ3) is 1.98. The summed E-state index contributed by atoms with van der Waals surface area (Å²) in [7, 11) is 0. The Morgan fingerprint density at radius 3 is 1.46 bits per heavy atom. The second kappa shape index (κ2) is 4.32. The predicted molar refractivity (Wildman–Crippen MR) is 40.9 cm³/mol. The zero-order chi connectivity index (χ0) is 10.0. The molecule has 0 saturated carbocycles. The lowest BCUT2D eigenvalue weighted by Gasteiger charge is -2.39. The largest absolute Gasteiger partial charge is 0.394 e. The van der Waals surface area contributed by atoms with Gasteiger partial charge in [0.05, 0.1) is 13.2 Å². The van der Waals surface area contributed by atoms with Crippen LogP contribution in [0.15, 0.2) is 0 Å². The average Bonchev–Trinajstić information content (AvgIpc) is 2.15. The van der Waals surface area contributed by atoms with E-state index in [1.807, 2.05) is 0 Å². The Morgan fingerprint density at radius 1 is 0.769 bits per heavy atom. The van der Waals surface area contributed by atoms with Crippen LogP contribution in [0.5, 0.6) is 0 Å². The molecule has 5 N–H and O–H groups in total. The van der Waals surface area contributed by atoms with Gasteiger partial charge in [-0.15, -0.1) is 0 Å². The van der Waals surface area contributed by atoms with Crippen molar-refractivity contribution < 1.29 is 30.3 Å². The molecule has 1 rings (SSSR count). The molecular formula is C7H14O6. The van der Waals surface area contributed by atoms with Gasteiger partial charge in [-0.1, -0.05) is 0 Å². The zero-order valence-electron chi connectivity index (χ0n) is 6.95. The van der Waals surface area contributed by atoms with Crippen LogP contribution < -0.4 is 0 Å². The van der Waals surface area contributed by atoms with Crippen LogP contribution in [0.25, 0.3) is 0 Å². The van der Waals surface area contributed by atoms with Gasteiger partial charge in [0.2, 0.25) is 0 Å². The summed E-state index contributed by atoms with van der Waals surface area (Å²) in [5.74, 6) is 0. The van der Waals surface area contributed by atoms with E-state index in [-0.39, 0.29) is 0 Å². The fourth-order valence-corrected chi connectivity index (χ4v) is 1.33. The molecule has 0 aromatic rings. The molecule has 13 heavy (non-hydrogen) atoms. The second-order valence-electron chi connectivity index (χ2n) is 3.05. The lowest BCUT2D eigenvalue weighted by molar-refractivity contribution is -0.235. The van der Waals surface area contributed by atoms with Crippen molar-refractivity contribution in [2.24, 2.45) is 0 Å². The maximum Gasteiger partial charge on any atom is 0.111 e. The fraction of sp³-hybridized carbons (Fsp3) is 1.00. The van der Waals surface area contributed by atoms with Crippen molar-refractivity contribution in [1.82, 2.24) is 0 Å². The van der Waals surface area contributed by atoms with E-state index in [4.69, 9.17) is 14.9 Å². The molecule has 5 atom stereocenters. The van der Waals surface area contributed by atoms with Crippen molar-refractivity contribution in [3.8, 4) is 0 Å². The van der Waals surface area contributed by atoms with E-state index in [2.05, 4.69) is 0 Å². The van der Waals surface area contributed by atoms with Gasteiger partial charge in [0.15, 0.2) is 0 Å². The zero-order valence-corrected chi connectivity index (χ0v) is 6.95. The molecule has 78 valence electrons. The quantitative estimate of drug-likeness (QED) is 0.317. The number of ether oxygens (including phenoxy) is 1. The Kier molecular flexibility index (Phi) is 3.60. The molecule has 1 aliphatic rings. The van der Waals surface area contributed by atoms with Crippen LogP contribution >= 0.6 is 0 Å². The highest BCUT2D eigenvalue weighted by Gasteiger charge is 2.42. The lowest BCUT2D eigenvalue weighted by atomic mass is 9.95. The van der Waals surface area contributed by atoms with Gasteiger partial charge < -0.3 is 30.3 Å². The Morgan fingerprint density at radius 2 is 1.15 bits per heavy atom. The summed E-state index contributed by atoms with van der Waals surface area (Å²) in [6.45, 7) is -0.942. The van der Waals surface area contributed by atoms with Crippen molar-refractivity contribution in [2.45, 2.75) is 30.5 Å². The Hall–Kier alpha value is -0.240. The first-order valence-electron chi connectivity index (χ1n) is 4.03. The van der Waals surface area contributed by atoms with Crippen LogP contribution in [0.3, 0.4) is 0 Å². The molecule has 1 aliphatic heterocycles. The third-order valence-corrected chi connectivity index (χ3v) is 2.17. The molecule has 0 radical (unpaired) electrons. The van der Waals surface area contributed by atoms with Crippen LogP contribution in [0.2, 0.25) is 0 Å². The van der Waals surface area contributed by atoms with E-state index < -0.39 is 43.7 Å². The van der Waals surface area contributed by atoms with Crippen LogP contribution in [0.4, 0.5) is 0 Å². The van der Waals surface area contributed by atoms with E-state index >= 15 is 0 Å². The molecule has 0 spiro atoms. The molecular weight excluding hydrogens is 180 g/mol. The second-order valence-corrected chi connectivity index (χ2v) is 3.05. The molecule has 0 aromatic heterocycles. The Bertz CT molecular complexity index is 143. The minimum absolute atomic E-state index is 0.471. The summed E-state index contributed by atoms with van der Waals surface area (Å²) in [6, 6.07) is 0. The van der Waals surface area contributed by atoms with Gasteiger partial charge >= 0.3 is 0 Å². The highest BCUT2D eigenvalue weighted by atomic mass is 16.6. The maximum atomic E-state index is 9.25. The molecule has 0 amide bonds. The first-order valence-corrected chi connectivity index (χ1v) is 4.03. The van der Waals surface area contributed by atoms with Crippen molar-refractivity contribution in [3.05, 3.63) is 0 Å². The monoisotopic (exact) mass is 194 g/mol. The minimum Gasteiger partial charge on any atom is -0.394 e. The van der Waals surface area contributed by atoms with Gasteiger partial charge in [0.1, 0.15) is 30.5 Å². The van der Waals surface area contributed by atoms with Crippen molar-refractivity contribution >= 4 is 0 Å². The number of hydrogen-bond acceptors (Lipinski definition) is 6. The van der Waals surface area contributed by atoms with Crippen LogP contribution in [-0.2, 0) is 4.74 Å². The number of aliphatic hydroxyl groups is 5. The number of rotatable bonds is 2. The summed E-state index contributed by atoms with van der Waals surface area (Å²) >= 11 is 0. The average molecular weight is 194 g/mol. The molecule has 0 aliphatic carbocycles. The van der Waals surface area contributed by atoms with Crippen molar-refractivity contribution in [1.29, 1.82) is 0 Å². The summed E-state index contributed by atoms with van der Waals surface area (Å²) in [4.78, 5) is 0. The van der Waals surface area contributed by atoms with E-state index in [9.17, 15) is 15.3 Å². The van der Waals surface area contributed by atoms with Gasteiger partial charge in [-0.05, 0) is 0 Å². The maximum absolute atomic E-state index is 9.25. The van der Waals surface area contributed by atoms with Crippen molar-refractivity contribution in [2.75, 3.05) is 13.2 Å². The summed E-state index contributed by atoms with van der Waals surface area (Å²) in [6.07, 6.45) is -5.99. The Labute approximate surface area is 75.0 Å². The summed E-state index contributed by atoms with van der Waals surface area (Å²) < 4.78 is 4.92. The first kappa shape index (κ1) is 10.8. The highest BCUT2D eigenvalue weighted by Crippen LogP contribution is 2.20. The number of hydrogen-bond donors (Lipinski definition) is 5. The van der Waals surface area contributed by atoms with Gasteiger partial charge in [-0.2, -0.15) is 0 Å². The molecule has 0 aromatic carbocycles. The summed E-state index contributed by atoms with van der Waals surface area (Å²) in [5, 5.41) is 45.2. The van der Waals surface area contributed by atoms with E-state index in [1.165, 1.54) is 0 Å². The standard InChI is InChI=1S/C7H14O6/c8-1-3-5(10)7(12)6(11)4(2-9)13-3/h3-12H,1-2H2/t3-,4+,5-,6+,7+. The third-order valence-electron chi connectivity index (χ3n) is 2.17. The fourth-order valence-electron chi connectivity index (χ4n) is 1.33. The van der Waals surface area contributed by atoms with E-state index in [0.29, 0.717) is 0 Å². The molecule has 1 fully saturated rings. The van der Waals surface area contributed by atoms with Gasteiger partial charge in [-0.3, -0.25) is 0 Å². The van der Waals surface area contributed by atoms with Crippen LogP contribution in [-0.4, -0.2) is 69.3 Å². The van der Waals surface area contributed by atoms with Crippen LogP contribution in [0.1, 0.15) is 0 Å². The molecule has 0 bridgehead atoms. The molecule has 6 heteroatoms. The Balaban J connectivity index is 2.66. The van der Waals surface area contributed by atoms with Crippen molar-refractivity contribution in [3.63, 3.8) is 0 Å². The normalized spacial score (nSPS) is 46.4. The summed E-state index contributed by atoms with van der Waals surface area (Å²) in [5.41, 5.74) is 0. The minimum atomic E-state index is -1.40. The van der Waals surface area contributed by atoms with Gasteiger partial charge in [0.25, 0.3) is 0 Å². The molecule has 1 saturated heterocycles. The van der Waals surface area contributed by atoms with Gasteiger partial charge in [-0.25, -0.2) is 0 Å². The highest BCUT2D eigenvalue weighted by molar-refractivity contribution is 4.91. The smallest absolute Gasteiger partial charge is 0.111 e. The number of aliphatic hydroxyl groups excluding tert-OH is 5. The molecule has 6 nitrogen and oxygen atoms in total. The first-order chi connectivity index (χ1) is 6.11.